The molecule has 6 nitrogen and oxygen atoms in total. The molecule has 114 valence electrons. The fraction of sp³-hybridized carbons (Fsp3) is 0.533. The van der Waals surface area contributed by atoms with Gasteiger partial charge in [0.25, 0.3) is 0 Å². The maximum Gasteiger partial charge on any atom is 0.317 e. The molecule has 0 saturated heterocycles. The van der Waals surface area contributed by atoms with Crippen LogP contribution in [0.4, 0.5) is 4.79 Å². The zero-order chi connectivity index (χ0) is 15.3. The van der Waals surface area contributed by atoms with Crippen LogP contribution in [0.5, 0.6) is 0 Å². The predicted octanol–water partition coefficient (Wildman–Crippen LogP) is 2.01. The van der Waals surface area contributed by atoms with Crippen LogP contribution in [0, 0.1) is 0 Å². The molecule has 1 saturated carbocycles. The summed E-state index contributed by atoms with van der Waals surface area (Å²) in [6, 6.07) is 3.48. The quantitative estimate of drug-likeness (QED) is 0.869. The fourth-order valence-corrected chi connectivity index (χ4v) is 2.84. The van der Waals surface area contributed by atoms with Gasteiger partial charge in [-0.15, -0.1) is 0 Å². The lowest BCUT2D eigenvalue weighted by atomic mass is 9.93. The van der Waals surface area contributed by atoms with Crippen molar-refractivity contribution in [2.75, 3.05) is 7.05 Å². The number of urea groups is 1. The molecule has 6 heteroatoms. The molecule has 0 bridgehead atoms. The van der Waals surface area contributed by atoms with Crippen molar-refractivity contribution in [3.63, 3.8) is 0 Å². The zero-order valence-electron chi connectivity index (χ0n) is 12.2. The number of rotatable bonds is 5. The van der Waals surface area contributed by atoms with Gasteiger partial charge in [0, 0.05) is 26.0 Å². The Labute approximate surface area is 124 Å². The van der Waals surface area contributed by atoms with Crippen molar-refractivity contribution in [3.8, 4) is 0 Å². The van der Waals surface area contributed by atoms with E-state index >= 15 is 0 Å². The van der Waals surface area contributed by atoms with Crippen LogP contribution in [0.2, 0.25) is 0 Å². The summed E-state index contributed by atoms with van der Waals surface area (Å²) in [6.07, 6.45) is 6.74. The van der Waals surface area contributed by atoms with Gasteiger partial charge in [-0.3, -0.25) is 9.78 Å². The lowest BCUT2D eigenvalue weighted by molar-refractivity contribution is -0.138. The summed E-state index contributed by atoms with van der Waals surface area (Å²) in [5.41, 5.74) is 0.399. The summed E-state index contributed by atoms with van der Waals surface area (Å²) >= 11 is 0. The number of carboxylic acids is 1. The smallest absolute Gasteiger partial charge is 0.317 e. The summed E-state index contributed by atoms with van der Waals surface area (Å²) in [6.45, 7) is 0.470. The molecule has 0 atom stereocenters. The van der Waals surface area contributed by atoms with Crippen LogP contribution in [0.15, 0.2) is 24.5 Å². The Bertz CT molecular complexity index is 498. The molecule has 21 heavy (non-hydrogen) atoms. The van der Waals surface area contributed by atoms with Gasteiger partial charge in [0.2, 0.25) is 0 Å². The van der Waals surface area contributed by atoms with Crippen LogP contribution in [0.25, 0.3) is 0 Å². The van der Waals surface area contributed by atoms with Gasteiger partial charge in [0.15, 0.2) is 0 Å². The van der Waals surface area contributed by atoms with Crippen molar-refractivity contribution in [2.24, 2.45) is 0 Å². The third-order valence-corrected chi connectivity index (χ3v) is 3.94. The molecule has 1 aromatic rings. The summed E-state index contributed by atoms with van der Waals surface area (Å²) in [4.78, 5) is 28.8. The summed E-state index contributed by atoms with van der Waals surface area (Å²) in [7, 11) is 1.71. The molecule has 2 rings (SSSR count). The monoisotopic (exact) mass is 291 g/mol. The number of nitrogens with one attached hydrogen (secondary N) is 1. The number of carbonyl (C=O) groups is 2. The zero-order valence-corrected chi connectivity index (χ0v) is 12.2. The van der Waals surface area contributed by atoms with Gasteiger partial charge in [0.05, 0.1) is 12.0 Å². The van der Waals surface area contributed by atoms with E-state index in [-0.39, 0.29) is 12.5 Å². The highest BCUT2D eigenvalue weighted by atomic mass is 16.4. The third kappa shape index (κ3) is 4.18. The number of pyridine rings is 1. The number of hydrogen-bond donors (Lipinski definition) is 2. The van der Waals surface area contributed by atoms with Crippen LogP contribution in [-0.2, 0) is 11.3 Å². The van der Waals surface area contributed by atoms with Gasteiger partial charge >= 0.3 is 12.0 Å². The second-order valence-corrected chi connectivity index (χ2v) is 5.70. The molecule has 2 N–H and O–H groups in total. The Kier molecular flexibility index (Phi) is 4.77. The summed E-state index contributed by atoms with van der Waals surface area (Å²) < 4.78 is 0. The molecule has 2 amide bonds. The van der Waals surface area contributed by atoms with E-state index in [0.29, 0.717) is 6.54 Å². The minimum Gasteiger partial charge on any atom is -0.481 e. The second kappa shape index (κ2) is 6.56. The molecule has 0 aliphatic heterocycles. The first-order valence-corrected chi connectivity index (χ1v) is 7.15. The van der Waals surface area contributed by atoms with Crippen LogP contribution in [0.3, 0.4) is 0 Å². The number of carboxylic acid groups (broad SMARTS) is 1. The lowest BCUT2D eigenvalue weighted by Gasteiger charge is -2.31. The number of aliphatic carboxylic acids is 1. The maximum atomic E-state index is 12.3. The minimum absolute atomic E-state index is 0.0121. The van der Waals surface area contributed by atoms with E-state index in [1.54, 1.807) is 24.3 Å². The van der Waals surface area contributed by atoms with E-state index in [1.165, 1.54) is 0 Å². The molecule has 0 radical (unpaired) electrons. The Morgan fingerprint density at radius 2 is 1.95 bits per heavy atom. The molecule has 0 spiro atoms. The number of aromatic nitrogens is 1. The van der Waals surface area contributed by atoms with E-state index in [0.717, 1.165) is 31.2 Å². The Morgan fingerprint density at radius 3 is 2.52 bits per heavy atom. The molecular weight excluding hydrogens is 270 g/mol. The van der Waals surface area contributed by atoms with Crippen molar-refractivity contribution >= 4 is 12.0 Å². The SMILES string of the molecule is CN(Cc1ccncc1)C(=O)NC1(CC(=O)O)CCCC1. The Balaban J connectivity index is 1.97. The number of hydrogen-bond acceptors (Lipinski definition) is 3. The van der Waals surface area contributed by atoms with Crippen LogP contribution in [-0.4, -0.2) is 39.6 Å². The third-order valence-electron chi connectivity index (χ3n) is 3.94. The fourth-order valence-electron chi connectivity index (χ4n) is 2.84. The minimum atomic E-state index is -0.867. The van der Waals surface area contributed by atoms with E-state index in [2.05, 4.69) is 10.3 Å². The molecule has 1 aliphatic rings. The van der Waals surface area contributed by atoms with Crippen LogP contribution in [0.1, 0.15) is 37.7 Å². The van der Waals surface area contributed by atoms with Gasteiger partial charge in [0.1, 0.15) is 0 Å². The van der Waals surface area contributed by atoms with Gasteiger partial charge in [-0.05, 0) is 30.5 Å². The molecule has 1 aromatic heterocycles. The summed E-state index contributed by atoms with van der Waals surface area (Å²) in [5.74, 6) is -0.867. The van der Waals surface area contributed by atoms with Crippen molar-refractivity contribution in [1.82, 2.24) is 15.2 Å². The molecule has 1 fully saturated rings. The normalized spacial score (nSPS) is 16.4. The highest BCUT2D eigenvalue weighted by molar-refractivity contribution is 5.76. The van der Waals surface area contributed by atoms with Crippen molar-refractivity contribution in [1.29, 1.82) is 0 Å². The molecule has 0 aromatic carbocycles. The molecule has 0 unspecified atom stereocenters. The lowest BCUT2D eigenvalue weighted by Crippen LogP contribution is -2.51. The first kappa shape index (κ1) is 15.3. The predicted molar refractivity (Wildman–Crippen MR) is 77.7 cm³/mol. The summed E-state index contributed by atoms with van der Waals surface area (Å²) in [5, 5.41) is 12.0. The Hall–Kier alpha value is -2.11. The number of amides is 2. The van der Waals surface area contributed by atoms with Gasteiger partial charge in [-0.25, -0.2) is 4.79 Å². The Morgan fingerprint density at radius 1 is 1.33 bits per heavy atom. The van der Waals surface area contributed by atoms with Gasteiger partial charge in [-0.2, -0.15) is 0 Å². The highest BCUT2D eigenvalue weighted by Crippen LogP contribution is 2.32. The highest BCUT2D eigenvalue weighted by Gasteiger charge is 2.38. The van der Waals surface area contributed by atoms with E-state index in [4.69, 9.17) is 5.11 Å². The second-order valence-electron chi connectivity index (χ2n) is 5.70. The number of carbonyl (C=O) groups excluding carboxylic acids is 1. The maximum absolute atomic E-state index is 12.3. The number of nitrogens with zero attached hydrogens (tertiary/aromatic N) is 2. The topological polar surface area (TPSA) is 82.5 Å². The van der Waals surface area contributed by atoms with E-state index in [9.17, 15) is 9.59 Å². The van der Waals surface area contributed by atoms with E-state index in [1.807, 2.05) is 12.1 Å². The first-order chi connectivity index (χ1) is 10.0. The van der Waals surface area contributed by atoms with Gasteiger partial charge in [-0.1, -0.05) is 12.8 Å². The van der Waals surface area contributed by atoms with Crippen LogP contribution >= 0.6 is 0 Å². The van der Waals surface area contributed by atoms with Crippen molar-refractivity contribution in [3.05, 3.63) is 30.1 Å². The molecule has 1 heterocycles. The molecule has 1 aliphatic carbocycles. The van der Waals surface area contributed by atoms with Crippen molar-refractivity contribution < 1.29 is 14.7 Å². The van der Waals surface area contributed by atoms with Crippen molar-refractivity contribution in [2.45, 2.75) is 44.2 Å². The van der Waals surface area contributed by atoms with E-state index < -0.39 is 11.5 Å². The molecular formula is C15H21N3O3. The van der Waals surface area contributed by atoms with Gasteiger partial charge < -0.3 is 15.3 Å². The average Bonchev–Trinajstić information content (AvgIpc) is 2.87. The first-order valence-electron chi connectivity index (χ1n) is 7.15. The standard InChI is InChI=1S/C15H21N3O3/c1-18(11-12-4-8-16-9-5-12)14(21)17-15(10-13(19)20)6-2-3-7-15/h4-5,8-9H,2-3,6-7,10-11H2,1H3,(H,17,21)(H,19,20). The largest absolute Gasteiger partial charge is 0.481 e. The average molecular weight is 291 g/mol. The van der Waals surface area contributed by atoms with Crippen LogP contribution < -0.4 is 5.32 Å².